The van der Waals surface area contributed by atoms with Crippen molar-refractivity contribution in [2.45, 2.75) is 101 Å². The van der Waals surface area contributed by atoms with Crippen molar-refractivity contribution in [3.63, 3.8) is 0 Å². The fraction of sp³-hybridized carbons (Fsp3) is 0.429. The Morgan fingerprint density at radius 2 is 1.08 bits per heavy atom. The second-order valence-corrected chi connectivity index (χ2v) is 17.3. The molecule has 15 nitrogen and oxygen atoms in total. The molecule has 0 bridgehead atoms. The summed E-state index contributed by atoms with van der Waals surface area (Å²) in [7, 11) is 0. The number of benzene rings is 2. The Morgan fingerprint density at radius 1 is 0.667 bits per heavy atom. The number of alkyl halides is 6. The van der Waals surface area contributed by atoms with Crippen molar-refractivity contribution in [2.24, 2.45) is 16.6 Å². The molecule has 21 heteroatoms. The lowest BCUT2D eigenvalue weighted by Gasteiger charge is -2.57. The molecule has 6 aromatic rings. The Morgan fingerprint density at radius 3 is 1.49 bits per heavy atom. The molecule has 63 heavy (non-hydrogen) atoms. The number of hydrogen-bond donors (Lipinski definition) is 5. The Bertz CT molecular complexity index is 2770. The highest BCUT2D eigenvalue weighted by Crippen LogP contribution is 2.62. The van der Waals surface area contributed by atoms with Gasteiger partial charge in [-0.1, -0.05) is 36.4 Å². The van der Waals surface area contributed by atoms with Gasteiger partial charge in [0.2, 0.25) is 0 Å². The van der Waals surface area contributed by atoms with Crippen molar-refractivity contribution in [3.05, 3.63) is 117 Å². The van der Waals surface area contributed by atoms with Crippen molar-refractivity contribution in [3.8, 4) is 0 Å². The number of aromatic amines is 2. The Hall–Kier alpha value is -6.38. The molecule has 0 aliphatic heterocycles. The number of nitrogens with zero attached hydrogens (tertiary/aromatic N) is 6. The number of fused-ring (bicyclic) bond motifs is 2. The van der Waals surface area contributed by atoms with Crippen LogP contribution in [0.5, 0.6) is 0 Å². The third-order valence-corrected chi connectivity index (χ3v) is 12.4. The van der Waals surface area contributed by atoms with Gasteiger partial charge in [-0.3, -0.25) is 23.7 Å². The third kappa shape index (κ3) is 9.52. The number of hydrogen-bond acceptors (Lipinski definition) is 9. The molecule has 0 saturated heterocycles. The summed E-state index contributed by atoms with van der Waals surface area (Å²) in [4.78, 5) is 46.2. The zero-order chi connectivity index (χ0) is 44.9. The highest BCUT2D eigenvalue weighted by molar-refractivity contribution is 5.92. The molecular formula is C42H42F6N10O5. The van der Waals surface area contributed by atoms with Crippen LogP contribution >= 0.6 is 0 Å². The van der Waals surface area contributed by atoms with E-state index >= 15 is 0 Å². The zero-order valence-corrected chi connectivity index (χ0v) is 33.4. The van der Waals surface area contributed by atoms with Crippen molar-refractivity contribution in [1.29, 1.82) is 0 Å². The molecular weight excluding hydrogens is 839 g/mol. The Labute approximate surface area is 353 Å². The molecule has 4 heterocycles. The van der Waals surface area contributed by atoms with Gasteiger partial charge in [-0.25, -0.2) is 15.0 Å². The summed E-state index contributed by atoms with van der Waals surface area (Å²) in [5.41, 5.74) is 7.79. The number of carbonyl (C=O) groups is 2. The molecule has 1 amide bonds. The van der Waals surface area contributed by atoms with Crippen LogP contribution in [0.2, 0.25) is 0 Å². The van der Waals surface area contributed by atoms with Gasteiger partial charge in [0.05, 0.1) is 22.2 Å². The van der Waals surface area contributed by atoms with Crippen molar-refractivity contribution < 1.29 is 41.0 Å². The lowest BCUT2D eigenvalue weighted by molar-refractivity contribution is -0.143. The van der Waals surface area contributed by atoms with Crippen LogP contribution in [0.15, 0.2) is 82.6 Å². The molecule has 0 radical (unpaired) electrons. The first-order chi connectivity index (χ1) is 29.8. The SMILES string of the molecule is NC1CC2(C1)CC(c1n[nH]c(=O)c3ccccc13)C2.O=C(NC1CC2(C1)CC(c1n[nH]c(=O)c3ccccc13)C2)c1ccn(CC(F)(F)F)n1.O=C(O)c1ccn(CC(F)(F)F)n1. The van der Waals surface area contributed by atoms with E-state index in [1.807, 2.05) is 42.5 Å². The quantitative estimate of drug-likeness (QED) is 0.115. The standard InChI is InChI=1S/C21H20F3N5O2.C15H17N3O.C6H5F3N2O2/c22-21(23,24)11-29-6-5-16(28-29)19(31)25-13-9-20(10-13)7-12(8-20)17-14-3-1-2-4-15(14)18(30)27-26-17;16-10-7-15(8-10)5-9(6-15)13-11-3-1-2-4-12(11)14(19)18-17-13;7-6(8,9)3-11-2-1-4(10-11)5(12)13/h1-6,12-13H,7-11H2,(H,25,31)(H,27,30);1-4,9-10H,5-8,16H2,(H,18,19);1-2H,3H2,(H,12,13). The number of H-pyrrole nitrogens is 2. The molecule has 10 rings (SSSR count). The average molecular weight is 881 g/mol. The van der Waals surface area contributed by atoms with E-state index in [9.17, 15) is 45.5 Å². The largest absolute Gasteiger partial charge is 0.476 e. The predicted molar refractivity (Wildman–Crippen MR) is 215 cm³/mol. The monoisotopic (exact) mass is 880 g/mol. The fourth-order valence-electron chi connectivity index (χ4n) is 9.82. The summed E-state index contributed by atoms with van der Waals surface area (Å²) in [6, 6.07) is 17.9. The third-order valence-electron chi connectivity index (χ3n) is 12.4. The van der Waals surface area contributed by atoms with Gasteiger partial charge in [0.15, 0.2) is 5.69 Å². The average Bonchev–Trinajstić information content (AvgIpc) is 3.83. The maximum Gasteiger partial charge on any atom is 0.408 e. The van der Waals surface area contributed by atoms with Crippen LogP contribution in [-0.2, 0) is 13.1 Å². The fourth-order valence-corrected chi connectivity index (χ4v) is 9.82. The van der Waals surface area contributed by atoms with Gasteiger partial charge in [-0.15, -0.1) is 0 Å². The van der Waals surface area contributed by atoms with Crippen LogP contribution in [-0.4, -0.2) is 81.4 Å². The van der Waals surface area contributed by atoms with Gasteiger partial charge >= 0.3 is 18.3 Å². The summed E-state index contributed by atoms with van der Waals surface area (Å²) >= 11 is 0. The van der Waals surface area contributed by atoms with Crippen LogP contribution in [0.3, 0.4) is 0 Å². The Balaban J connectivity index is 0.000000144. The van der Waals surface area contributed by atoms with E-state index in [1.54, 1.807) is 6.07 Å². The van der Waals surface area contributed by atoms with Crippen LogP contribution in [0, 0.1) is 10.8 Å². The number of nitrogens with two attached hydrogens (primary N) is 1. The second-order valence-electron chi connectivity index (χ2n) is 17.3. The van der Waals surface area contributed by atoms with Gasteiger partial charge in [0.25, 0.3) is 17.0 Å². The van der Waals surface area contributed by atoms with E-state index < -0.39 is 43.0 Å². The first kappa shape index (κ1) is 43.3. The molecule has 4 aliphatic carbocycles. The van der Waals surface area contributed by atoms with E-state index in [0.717, 1.165) is 89.2 Å². The smallest absolute Gasteiger partial charge is 0.408 e. The van der Waals surface area contributed by atoms with E-state index in [-0.39, 0.29) is 34.2 Å². The van der Waals surface area contributed by atoms with Gasteiger partial charge in [-0.05, 0) is 86.5 Å². The molecule has 0 unspecified atom stereocenters. The first-order valence-corrected chi connectivity index (χ1v) is 20.2. The number of aromatic nitrogens is 8. The molecule has 4 aromatic heterocycles. The summed E-state index contributed by atoms with van der Waals surface area (Å²) < 4.78 is 73.8. The van der Waals surface area contributed by atoms with E-state index in [0.29, 0.717) is 27.4 Å². The predicted octanol–water partition coefficient (Wildman–Crippen LogP) is 6.19. The molecule has 4 saturated carbocycles. The maximum absolute atomic E-state index is 12.4. The normalized spacial score (nSPS) is 24.8. The summed E-state index contributed by atoms with van der Waals surface area (Å²) in [5, 5.41) is 35.2. The van der Waals surface area contributed by atoms with E-state index in [1.165, 1.54) is 18.9 Å². The number of halogens is 6. The number of nitrogens with one attached hydrogen (secondary N) is 3. The van der Waals surface area contributed by atoms with Crippen LogP contribution in [0.4, 0.5) is 26.3 Å². The van der Waals surface area contributed by atoms with Crippen molar-refractivity contribution in [2.75, 3.05) is 0 Å². The van der Waals surface area contributed by atoms with E-state index in [4.69, 9.17) is 10.8 Å². The van der Waals surface area contributed by atoms with Gasteiger partial charge in [-0.2, -0.15) is 46.7 Å². The number of carbonyl (C=O) groups excluding carboxylic acids is 1. The van der Waals surface area contributed by atoms with Crippen LogP contribution in [0.1, 0.15) is 95.6 Å². The number of carboxylic acid groups (broad SMARTS) is 1. The Kier molecular flexibility index (Phi) is 11.3. The molecule has 0 atom stereocenters. The van der Waals surface area contributed by atoms with Gasteiger partial charge < -0.3 is 16.2 Å². The maximum atomic E-state index is 12.4. The molecule has 4 aliphatic rings. The lowest BCUT2D eigenvalue weighted by atomic mass is 9.49. The molecule has 332 valence electrons. The first-order valence-electron chi connectivity index (χ1n) is 20.2. The number of amides is 1. The lowest BCUT2D eigenvalue weighted by Crippen LogP contribution is -2.55. The highest BCUT2D eigenvalue weighted by Gasteiger charge is 2.54. The number of rotatable bonds is 7. The topological polar surface area (TPSA) is 220 Å². The molecule has 4 fully saturated rings. The number of aromatic carboxylic acids is 1. The molecule has 2 aromatic carbocycles. The molecule has 2 spiro atoms. The van der Waals surface area contributed by atoms with Crippen molar-refractivity contribution in [1.82, 2.24) is 45.3 Å². The van der Waals surface area contributed by atoms with Gasteiger partial charge in [0.1, 0.15) is 18.8 Å². The summed E-state index contributed by atoms with van der Waals surface area (Å²) in [6.45, 7) is -2.50. The highest BCUT2D eigenvalue weighted by atomic mass is 19.4. The van der Waals surface area contributed by atoms with Crippen LogP contribution in [0.25, 0.3) is 21.5 Å². The minimum Gasteiger partial charge on any atom is -0.476 e. The summed E-state index contributed by atoms with van der Waals surface area (Å²) in [5.74, 6) is -1.06. The minimum absolute atomic E-state index is 0.0125. The summed E-state index contributed by atoms with van der Waals surface area (Å²) in [6.07, 6.45) is 1.52. The van der Waals surface area contributed by atoms with E-state index in [2.05, 4.69) is 35.9 Å². The minimum atomic E-state index is -4.39. The van der Waals surface area contributed by atoms with Crippen LogP contribution < -0.4 is 22.2 Å². The van der Waals surface area contributed by atoms with Crippen molar-refractivity contribution >= 4 is 33.4 Å². The zero-order valence-electron chi connectivity index (χ0n) is 33.4. The second kappa shape index (κ2) is 16.4. The molecule has 6 N–H and O–H groups in total. The number of carboxylic acids is 1. The van der Waals surface area contributed by atoms with Gasteiger partial charge in [0, 0.05) is 47.1 Å².